The number of amides is 1. The molecule has 2 N–H and O–H groups in total. The summed E-state index contributed by atoms with van der Waals surface area (Å²) in [7, 11) is 5.16. The molecule has 146 valence electrons. The molecule has 6 nitrogen and oxygen atoms in total. The van der Waals surface area contributed by atoms with E-state index in [1.54, 1.807) is 14.2 Å². The van der Waals surface area contributed by atoms with Crippen molar-refractivity contribution in [2.45, 2.75) is 25.8 Å². The Balaban J connectivity index is 0.00000338. The number of halogens is 2. The maximum absolute atomic E-state index is 11.5. The van der Waals surface area contributed by atoms with Gasteiger partial charge in [-0.15, -0.1) is 24.0 Å². The second-order valence-electron chi connectivity index (χ2n) is 6.18. The monoisotopic (exact) mass is 538 g/mol. The number of carbonyl (C=O) groups is 1. The SMILES string of the molecule is CN=C(NCc1ccc(OC)c(Br)c1)N1CCC(CC(=O)NC)CC1.I. The van der Waals surface area contributed by atoms with Crippen LogP contribution in [0.15, 0.2) is 27.7 Å². The molecule has 0 aliphatic carbocycles. The highest BCUT2D eigenvalue weighted by Gasteiger charge is 2.23. The summed E-state index contributed by atoms with van der Waals surface area (Å²) in [5.74, 6) is 2.33. The van der Waals surface area contributed by atoms with Crippen LogP contribution in [-0.4, -0.2) is 51.1 Å². The van der Waals surface area contributed by atoms with Gasteiger partial charge in [0.15, 0.2) is 5.96 Å². The molecule has 1 aromatic carbocycles. The number of nitrogens with zero attached hydrogens (tertiary/aromatic N) is 2. The lowest BCUT2D eigenvalue weighted by molar-refractivity contribution is -0.121. The molecule has 0 atom stereocenters. The van der Waals surface area contributed by atoms with E-state index >= 15 is 0 Å². The molecular weight excluding hydrogens is 511 g/mol. The summed E-state index contributed by atoms with van der Waals surface area (Å²) in [5.41, 5.74) is 1.16. The maximum atomic E-state index is 11.5. The Morgan fingerprint density at radius 1 is 1.38 bits per heavy atom. The van der Waals surface area contributed by atoms with Gasteiger partial charge < -0.3 is 20.3 Å². The smallest absolute Gasteiger partial charge is 0.220 e. The van der Waals surface area contributed by atoms with E-state index in [2.05, 4.69) is 42.5 Å². The molecule has 0 saturated carbocycles. The van der Waals surface area contributed by atoms with E-state index in [0.29, 0.717) is 18.9 Å². The third-order valence-electron chi connectivity index (χ3n) is 4.55. The van der Waals surface area contributed by atoms with Gasteiger partial charge in [-0.2, -0.15) is 0 Å². The van der Waals surface area contributed by atoms with E-state index in [4.69, 9.17) is 4.74 Å². The highest BCUT2D eigenvalue weighted by Crippen LogP contribution is 2.25. The largest absolute Gasteiger partial charge is 0.496 e. The molecule has 1 fully saturated rings. The molecule has 1 saturated heterocycles. The fourth-order valence-electron chi connectivity index (χ4n) is 3.05. The lowest BCUT2D eigenvalue weighted by Gasteiger charge is -2.34. The number of guanidine groups is 1. The van der Waals surface area contributed by atoms with Crippen LogP contribution in [-0.2, 0) is 11.3 Å². The molecule has 1 aromatic rings. The minimum absolute atomic E-state index is 0. The van der Waals surface area contributed by atoms with Crippen LogP contribution < -0.4 is 15.4 Å². The topological polar surface area (TPSA) is 66.0 Å². The van der Waals surface area contributed by atoms with Gasteiger partial charge >= 0.3 is 0 Å². The molecule has 0 aromatic heterocycles. The summed E-state index contributed by atoms with van der Waals surface area (Å²) >= 11 is 3.51. The number of benzene rings is 1. The molecule has 0 bridgehead atoms. The van der Waals surface area contributed by atoms with Crippen molar-refractivity contribution in [3.8, 4) is 5.75 Å². The average molecular weight is 539 g/mol. The summed E-state index contributed by atoms with van der Waals surface area (Å²) in [6.07, 6.45) is 2.65. The van der Waals surface area contributed by atoms with Crippen LogP contribution in [0, 0.1) is 5.92 Å². The van der Waals surface area contributed by atoms with Crippen molar-refractivity contribution in [2.24, 2.45) is 10.9 Å². The van der Waals surface area contributed by atoms with Crippen molar-refractivity contribution in [3.05, 3.63) is 28.2 Å². The fraction of sp³-hybridized carbons (Fsp3) is 0.556. The second-order valence-corrected chi connectivity index (χ2v) is 7.03. The summed E-state index contributed by atoms with van der Waals surface area (Å²) in [6, 6.07) is 6.04. The lowest BCUT2D eigenvalue weighted by atomic mass is 9.93. The van der Waals surface area contributed by atoms with Crippen LogP contribution >= 0.6 is 39.9 Å². The Labute approximate surface area is 181 Å². The van der Waals surface area contributed by atoms with Crippen LogP contribution in [0.2, 0.25) is 0 Å². The van der Waals surface area contributed by atoms with Gasteiger partial charge in [-0.1, -0.05) is 6.07 Å². The number of nitrogens with one attached hydrogen (secondary N) is 2. The Morgan fingerprint density at radius 3 is 2.62 bits per heavy atom. The minimum Gasteiger partial charge on any atom is -0.496 e. The third kappa shape index (κ3) is 6.61. The number of ether oxygens (including phenoxy) is 1. The summed E-state index contributed by atoms with van der Waals surface area (Å²) in [4.78, 5) is 18.2. The van der Waals surface area contributed by atoms with Crippen LogP contribution in [0.25, 0.3) is 0 Å². The number of likely N-dealkylation sites (tertiary alicyclic amines) is 1. The lowest BCUT2D eigenvalue weighted by Crippen LogP contribution is -2.45. The van der Waals surface area contributed by atoms with E-state index in [-0.39, 0.29) is 29.9 Å². The van der Waals surface area contributed by atoms with Crippen molar-refractivity contribution < 1.29 is 9.53 Å². The van der Waals surface area contributed by atoms with Crippen molar-refractivity contribution >= 4 is 51.8 Å². The minimum atomic E-state index is 0. The normalized spacial score (nSPS) is 15.2. The second kappa shape index (κ2) is 11.6. The van der Waals surface area contributed by atoms with Gasteiger partial charge in [-0.25, -0.2) is 0 Å². The van der Waals surface area contributed by atoms with Gasteiger partial charge in [0.05, 0.1) is 11.6 Å². The third-order valence-corrected chi connectivity index (χ3v) is 5.17. The van der Waals surface area contributed by atoms with Gasteiger partial charge in [0, 0.05) is 40.2 Å². The van der Waals surface area contributed by atoms with E-state index < -0.39 is 0 Å². The Hall–Kier alpha value is -1.03. The van der Waals surface area contributed by atoms with Crippen molar-refractivity contribution in [3.63, 3.8) is 0 Å². The summed E-state index contributed by atoms with van der Waals surface area (Å²) in [5, 5.41) is 6.13. The Kier molecular flexibility index (Phi) is 10.3. The van der Waals surface area contributed by atoms with Gasteiger partial charge in [-0.3, -0.25) is 9.79 Å². The number of aliphatic imine (C=N–C) groups is 1. The zero-order valence-electron chi connectivity index (χ0n) is 15.5. The Morgan fingerprint density at radius 2 is 2.08 bits per heavy atom. The predicted molar refractivity (Wildman–Crippen MR) is 119 cm³/mol. The standard InChI is InChI=1S/C18H27BrN4O2.HI/c1-20-17(24)11-13-6-8-23(9-7-13)18(21-2)22-12-14-4-5-16(25-3)15(19)10-14;/h4-5,10,13H,6-9,11-12H2,1-3H3,(H,20,24)(H,21,22);1H. The van der Waals surface area contributed by atoms with Gasteiger partial charge in [0.1, 0.15) is 5.75 Å². The molecule has 26 heavy (non-hydrogen) atoms. The van der Waals surface area contributed by atoms with Crippen molar-refractivity contribution in [1.29, 1.82) is 0 Å². The quantitative estimate of drug-likeness (QED) is 0.343. The number of rotatable bonds is 5. The summed E-state index contributed by atoms with van der Waals surface area (Å²) in [6.45, 7) is 2.55. The number of hydrogen-bond donors (Lipinski definition) is 2. The molecule has 2 rings (SSSR count). The van der Waals surface area contributed by atoms with Crippen molar-refractivity contribution in [2.75, 3.05) is 34.3 Å². The molecule has 1 amide bonds. The first-order chi connectivity index (χ1) is 12.1. The highest BCUT2D eigenvalue weighted by atomic mass is 127. The molecule has 0 radical (unpaired) electrons. The average Bonchev–Trinajstić information content (AvgIpc) is 2.63. The number of methoxy groups -OCH3 is 1. The zero-order valence-corrected chi connectivity index (χ0v) is 19.5. The molecule has 0 unspecified atom stereocenters. The Bertz CT molecular complexity index is 619. The van der Waals surface area contributed by atoms with Gasteiger partial charge in [-0.05, 0) is 52.4 Å². The van der Waals surface area contributed by atoms with Crippen LogP contribution in [0.5, 0.6) is 5.75 Å². The molecule has 1 heterocycles. The molecule has 1 aliphatic heterocycles. The van der Waals surface area contributed by atoms with E-state index in [1.165, 1.54) is 0 Å². The van der Waals surface area contributed by atoms with Gasteiger partial charge in [0.25, 0.3) is 0 Å². The van der Waals surface area contributed by atoms with E-state index in [9.17, 15) is 4.79 Å². The van der Waals surface area contributed by atoms with Crippen LogP contribution in [0.3, 0.4) is 0 Å². The van der Waals surface area contributed by atoms with Gasteiger partial charge in [0.2, 0.25) is 5.91 Å². The first kappa shape index (κ1) is 23.0. The van der Waals surface area contributed by atoms with Crippen LogP contribution in [0.4, 0.5) is 0 Å². The number of piperidine rings is 1. The molecule has 8 heteroatoms. The van der Waals surface area contributed by atoms with Crippen LogP contribution in [0.1, 0.15) is 24.8 Å². The summed E-state index contributed by atoms with van der Waals surface area (Å²) < 4.78 is 6.20. The molecule has 0 spiro atoms. The fourth-order valence-corrected chi connectivity index (χ4v) is 3.63. The maximum Gasteiger partial charge on any atom is 0.220 e. The first-order valence-corrected chi connectivity index (χ1v) is 9.35. The molecular formula is C18H28BrIN4O2. The molecule has 1 aliphatic rings. The predicted octanol–water partition coefficient (Wildman–Crippen LogP) is 3.00. The highest BCUT2D eigenvalue weighted by molar-refractivity contribution is 14.0. The number of hydrogen-bond acceptors (Lipinski definition) is 3. The number of carbonyl (C=O) groups excluding carboxylic acids is 1. The van der Waals surface area contributed by atoms with E-state index in [0.717, 1.165) is 47.7 Å². The first-order valence-electron chi connectivity index (χ1n) is 8.56. The zero-order chi connectivity index (χ0) is 18.2. The van der Waals surface area contributed by atoms with E-state index in [1.807, 2.05) is 19.2 Å². The van der Waals surface area contributed by atoms with Crippen molar-refractivity contribution in [1.82, 2.24) is 15.5 Å².